The minimum atomic E-state index is -0.0457. The molecule has 0 radical (unpaired) electrons. The lowest BCUT2D eigenvalue weighted by atomic mass is 9.89. The number of rotatable bonds is 4. The van der Waals surface area contributed by atoms with Gasteiger partial charge in [0.1, 0.15) is 11.5 Å². The van der Waals surface area contributed by atoms with Gasteiger partial charge in [-0.15, -0.1) is 0 Å². The first kappa shape index (κ1) is 14.6. The van der Waals surface area contributed by atoms with E-state index in [0.717, 1.165) is 24.4 Å². The number of likely N-dealkylation sites (tertiary alicyclic amines) is 1. The minimum Gasteiger partial charge on any atom is -0.491 e. The Balaban J connectivity index is 2.18. The fourth-order valence-electron chi connectivity index (χ4n) is 2.57. The number of carbonyl (C=O) groups excluding carboxylic acids is 1. The van der Waals surface area contributed by atoms with Gasteiger partial charge in [-0.25, -0.2) is 0 Å². The highest BCUT2D eigenvalue weighted by atomic mass is 16.5. The monoisotopic (exact) mass is 273 g/mol. The van der Waals surface area contributed by atoms with Crippen LogP contribution >= 0.6 is 0 Å². The molecule has 0 N–H and O–H groups in total. The fourth-order valence-corrected chi connectivity index (χ4v) is 2.57. The maximum Gasteiger partial charge on any atom is 0.143 e. The molecule has 3 heteroatoms. The number of hydrogen-bond donors (Lipinski definition) is 0. The molecule has 20 heavy (non-hydrogen) atoms. The minimum absolute atomic E-state index is 0.0457. The van der Waals surface area contributed by atoms with Gasteiger partial charge in [0.2, 0.25) is 0 Å². The van der Waals surface area contributed by atoms with Gasteiger partial charge in [-0.3, -0.25) is 4.79 Å². The number of Topliss-reactive ketones (excluding diaryl/α,β-unsaturated/α-hetero) is 1. The molecule has 0 aliphatic carbocycles. The van der Waals surface area contributed by atoms with E-state index < -0.39 is 0 Å². The van der Waals surface area contributed by atoms with Crippen molar-refractivity contribution in [2.45, 2.75) is 39.2 Å². The standard InChI is InChI=1S/C17H23NO2/c1-4-9-18-10-8-17(19)16(12-18)14-6-5-7-15(11-14)20-13(2)3/h4-7,9,11,13,16H,8,10,12H2,1-3H3/b9-4-. The van der Waals surface area contributed by atoms with Crippen LogP contribution in [0.5, 0.6) is 5.75 Å². The normalized spacial score (nSPS) is 19.9. The molecule has 0 spiro atoms. The third kappa shape index (κ3) is 3.62. The van der Waals surface area contributed by atoms with Gasteiger partial charge in [0.05, 0.1) is 12.0 Å². The van der Waals surface area contributed by atoms with Crippen LogP contribution in [-0.4, -0.2) is 29.9 Å². The molecule has 0 bridgehead atoms. The molecule has 108 valence electrons. The molecule has 0 aromatic heterocycles. The number of ketones is 1. The molecule has 1 heterocycles. The highest BCUT2D eigenvalue weighted by Crippen LogP contribution is 2.27. The second-order valence-corrected chi connectivity index (χ2v) is 5.49. The molecule has 2 rings (SSSR count). The van der Waals surface area contributed by atoms with E-state index in [4.69, 9.17) is 4.74 Å². The first-order chi connectivity index (χ1) is 9.60. The van der Waals surface area contributed by atoms with Gasteiger partial charge < -0.3 is 9.64 Å². The summed E-state index contributed by atoms with van der Waals surface area (Å²) in [5.41, 5.74) is 1.06. The Labute approximate surface area is 121 Å². The van der Waals surface area contributed by atoms with Crippen molar-refractivity contribution in [1.82, 2.24) is 4.90 Å². The summed E-state index contributed by atoms with van der Waals surface area (Å²) in [6.07, 6.45) is 4.84. The lowest BCUT2D eigenvalue weighted by Crippen LogP contribution is -2.36. The Hall–Kier alpha value is -1.77. The van der Waals surface area contributed by atoms with Crippen LogP contribution in [0.2, 0.25) is 0 Å². The Bertz CT molecular complexity index is 494. The zero-order chi connectivity index (χ0) is 14.5. The predicted octanol–water partition coefficient (Wildman–Crippen LogP) is 3.37. The average Bonchev–Trinajstić information content (AvgIpc) is 2.41. The van der Waals surface area contributed by atoms with E-state index in [0.29, 0.717) is 12.2 Å². The third-order valence-electron chi connectivity index (χ3n) is 3.44. The molecule has 1 aliphatic heterocycles. The van der Waals surface area contributed by atoms with Crippen LogP contribution in [0.15, 0.2) is 36.5 Å². The lowest BCUT2D eigenvalue weighted by Gasteiger charge is -2.31. The smallest absolute Gasteiger partial charge is 0.143 e. The maximum atomic E-state index is 12.2. The van der Waals surface area contributed by atoms with Crippen LogP contribution in [-0.2, 0) is 4.79 Å². The first-order valence-corrected chi connectivity index (χ1v) is 7.26. The van der Waals surface area contributed by atoms with Crippen molar-refractivity contribution in [3.05, 3.63) is 42.1 Å². The molecule has 1 unspecified atom stereocenters. The molecular formula is C17H23NO2. The number of ether oxygens (including phenoxy) is 1. The molecule has 1 aromatic carbocycles. The largest absolute Gasteiger partial charge is 0.491 e. The molecule has 0 amide bonds. The van der Waals surface area contributed by atoms with Crippen LogP contribution < -0.4 is 4.74 Å². The topological polar surface area (TPSA) is 29.5 Å². The molecule has 1 atom stereocenters. The summed E-state index contributed by atoms with van der Waals surface area (Å²) < 4.78 is 5.72. The second kappa shape index (κ2) is 6.60. The maximum absolute atomic E-state index is 12.2. The fraction of sp³-hybridized carbons (Fsp3) is 0.471. The van der Waals surface area contributed by atoms with E-state index in [1.54, 1.807) is 0 Å². The van der Waals surface area contributed by atoms with Crippen LogP contribution in [0.3, 0.4) is 0 Å². The molecule has 0 saturated carbocycles. The van der Waals surface area contributed by atoms with Crippen LogP contribution in [0.1, 0.15) is 38.7 Å². The van der Waals surface area contributed by atoms with Crippen LogP contribution in [0, 0.1) is 0 Å². The highest BCUT2D eigenvalue weighted by Gasteiger charge is 2.27. The SMILES string of the molecule is C/C=C\N1CCC(=O)C(c2cccc(OC(C)C)c2)C1. The van der Waals surface area contributed by atoms with Gasteiger partial charge in [-0.05, 0) is 44.7 Å². The zero-order valence-electron chi connectivity index (χ0n) is 12.5. The number of carbonyl (C=O) groups is 1. The molecule has 1 aromatic rings. The van der Waals surface area contributed by atoms with E-state index >= 15 is 0 Å². The van der Waals surface area contributed by atoms with Crippen molar-refractivity contribution in [3.8, 4) is 5.75 Å². The molecule has 3 nitrogen and oxygen atoms in total. The molecule has 1 saturated heterocycles. The molecule has 1 fully saturated rings. The summed E-state index contributed by atoms with van der Waals surface area (Å²) in [6, 6.07) is 7.94. The van der Waals surface area contributed by atoms with E-state index in [1.807, 2.05) is 51.1 Å². The van der Waals surface area contributed by atoms with Crippen molar-refractivity contribution >= 4 is 5.78 Å². The highest BCUT2D eigenvalue weighted by molar-refractivity contribution is 5.87. The summed E-state index contributed by atoms with van der Waals surface area (Å²) in [6.45, 7) is 7.59. The van der Waals surface area contributed by atoms with E-state index in [2.05, 4.69) is 11.1 Å². The number of allylic oxidation sites excluding steroid dienone is 1. The second-order valence-electron chi connectivity index (χ2n) is 5.49. The Morgan fingerprint density at radius 1 is 1.40 bits per heavy atom. The van der Waals surface area contributed by atoms with Gasteiger partial charge in [0.25, 0.3) is 0 Å². The zero-order valence-corrected chi connectivity index (χ0v) is 12.5. The number of nitrogens with zero attached hydrogens (tertiary/aromatic N) is 1. The van der Waals surface area contributed by atoms with Crippen molar-refractivity contribution in [2.24, 2.45) is 0 Å². The molecular weight excluding hydrogens is 250 g/mol. The van der Waals surface area contributed by atoms with Crippen molar-refractivity contribution < 1.29 is 9.53 Å². The summed E-state index contributed by atoms with van der Waals surface area (Å²) in [5, 5.41) is 0. The number of piperidine rings is 1. The third-order valence-corrected chi connectivity index (χ3v) is 3.44. The Morgan fingerprint density at radius 2 is 2.20 bits per heavy atom. The van der Waals surface area contributed by atoms with Crippen molar-refractivity contribution in [2.75, 3.05) is 13.1 Å². The molecule has 1 aliphatic rings. The van der Waals surface area contributed by atoms with Gasteiger partial charge in [0.15, 0.2) is 0 Å². The van der Waals surface area contributed by atoms with Gasteiger partial charge >= 0.3 is 0 Å². The summed E-state index contributed by atoms with van der Waals surface area (Å²) in [5.74, 6) is 1.12. The summed E-state index contributed by atoms with van der Waals surface area (Å²) in [7, 11) is 0. The van der Waals surface area contributed by atoms with Gasteiger partial charge in [0, 0.05) is 19.5 Å². The Kier molecular flexibility index (Phi) is 4.83. The average molecular weight is 273 g/mol. The van der Waals surface area contributed by atoms with E-state index in [9.17, 15) is 4.79 Å². The number of benzene rings is 1. The van der Waals surface area contributed by atoms with Gasteiger partial charge in [-0.2, -0.15) is 0 Å². The van der Waals surface area contributed by atoms with E-state index in [-0.39, 0.29) is 12.0 Å². The van der Waals surface area contributed by atoms with E-state index in [1.165, 1.54) is 0 Å². The van der Waals surface area contributed by atoms with Crippen molar-refractivity contribution in [3.63, 3.8) is 0 Å². The summed E-state index contributed by atoms with van der Waals surface area (Å²) in [4.78, 5) is 14.4. The van der Waals surface area contributed by atoms with Crippen molar-refractivity contribution in [1.29, 1.82) is 0 Å². The van der Waals surface area contributed by atoms with Crippen LogP contribution in [0.25, 0.3) is 0 Å². The quantitative estimate of drug-likeness (QED) is 0.842. The first-order valence-electron chi connectivity index (χ1n) is 7.26. The lowest BCUT2D eigenvalue weighted by molar-refractivity contribution is -0.122. The summed E-state index contributed by atoms with van der Waals surface area (Å²) >= 11 is 0. The van der Waals surface area contributed by atoms with Crippen LogP contribution in [0.4, 0.5) is 0 Å². The van der Waals surface area contributed by atoms with Gasteiger partial charge in [-0.1, -0.05) is 18.2 Å². The number of hydrogen-bond acceptors (Lipinski definition) is 3. The predicted molar refractivity (Wildman–Crippen MR) is 81.0 cm³/mol. The Morgan fingerprint density at radius 3 is 2.90 bits per heavy atom.